The number of hydrogen-bond acceptors (Lipinski definition) is 2. The van der Waals surface area contributed by atoms with E-state index < -0.39 is 0 Å². The highest BCUT2D eigenvalue weighted by Gasteiger charge is 2.43. The number of rotatable bonds is 9. The van der Waals surface area contributed by atoms with Crippen molar-refractivity contribution >= 4 is 11.6 Å². The van der Waals surface area contributed by atoms with Crippen LogP contribution in [0.5, 0.6) is 0 Å². The summed E-state index contributed by atoms with van der Waals surface area (Å²) in [5, 5.41) is 0. The molecule has 0 aliphatic heterocycles. The highest BCUT2D eigenvalue weighted by molar-refractivity contribution is 6.26. The zero-order chi connectivity index (χ0) is 20.3. The average molecular weight is 382 g/mol. The maximum Gasteiger partial charge on any atom is 0.254 e. The number of carbonyl (C=O) groups excluding carboxylic acids is 2. The Labute approximate surface area is 168 Å². The molecule has 0 spiro atoms. The zero-order valence-electron chi connectivity index (χ0n) is 17.8. The number of hydrogen-bond donors (Lipinski definition) is 0. The van der Waals surface area contributed by atoms with Gasteiger partial charge < -0.3 is 0 Å². The number of ketones is 2. The monoisotopic (exact) mass is 381 g/mol. The second-order valence-corrected chi connectivity index (χ2v) is 7.99. The first-order chi connectivity index (χ1) is 13.5. The third-order valence-corrected chi connectivity index (χ3v) is 6.09. The summed E-state index contributed by atoms with van der Waals surface area (Å²) in [6.07, 6.45) is 8.16. The van der Waals surface area contributed by atoms with E-state index in [-0.39, 0.29) is 17.6 Å². The van der Waals surface area contributed by atoms with Crippen molar-refractivity contribution in [1.29, 1.82) is 0 Å². The Bertz CT molecular complexity index is 879. The standard InChI is InChI=1S/C24H33N2O2/c1-5-7-8-9-10-13-16-25-18(4)26(17(3)6-2)22-21(25)23(27)19-14-11-12-15-20(19)24(22)28/h11-12,14-15,17H,5-10,13,16H2,1-4H3/q+1. The van der Waals surface area contributed by atoms with Crippen molar-refractivity contribution < 1.29 is 14.2 Å². The van der Waals surface area contributed by atoms with Crippen LogP contribution in [0.15, 0.2) is 24.3 Å². The second-order valence-electron chi connectivity index (χ2n) is 7.99. The first kappa shape index (κ1) is 20.5. The highest BCUT2D eigenvalue weighted by atomic mass is 16.1. The van der Waals surface area contributed by atoms with Crippen LogP contribution >= 0.6 is 0 Å². The maximum atomic E-state index is 13.3. The van der Waals surface area contributed by atoms with Crippen LogP contribution < -0.4 is 4.57 Å². The molecule has 150 valence electrons. The molecule has 1 aliphatic carbocycles. The van der Waals surface area contributed by atoms with E-state index in [2.05, 4.69) is 29.9 Å². The summed E-state index contributed by atoms with van der Waals surface area (Å²) < 4.78 is 4.21. The summed E-state index contributed by atoms with van der Waals surface area (Å²) in [6, 6.07) is 7.42. The lowest BCUT2D eigenvalue weighted by Crippen LogP contribution is -2.43. The lowest BCUT2D eigenvalue weighted by molar-refractivity contribution is -0.704. The van der Waals surface area contributed by atoms with Gasteiger partial charge in [0, 0.05) is 18.1 Å². The summed E-state index contributed by atoms with van der Waals surface area (Å²) >= 11 is 0. The van der Waals surface area contributed by atoms with Crippen molar-refractivity contribution in [2.75, 3.05) is 0 Å². The molecule has 1 aromatic heterocycles. The average Bonchev–Trinajstić information content (AvgIpc) is 3.01. The molecule has 0 saturated heterocycles. The van der Waals surface area contributed by atoms with E-state index in [9.17, 15) is 9.59 Å². The minimum Gasteiger partial charge on any atom is -0.284 e. The molecule has 4 nitrogen and oxygen atoms in total. The molecule has 0 radical (unpaired) electrons. The Morgan fingerprint density at radius 1 is 0.929 bits per heavy atom. The van der Waals surface area contributed by atoms with Crippen LogP contribution in [0, 0.1) is 6.92 Å². The summed E-state index contributed by atoms with van der Waals surface area (Å²) in [6.45, 7) is 9.32. The highest BCUT2D eigenvalue weighted by Crippen LogP contribution is 2.29. The molecule has 0 N–H and O–H groups in total. The predicted molar refractivity (Wildman–Crippen MR) is 111 cm³/mol. The number of unbranched alkanes of at least 4 members (excludes halogenated alkanes) is 5. The van der Waals surface area contributed by atoms with Gasteiger partial charge in [0.1, 0.15) is 0 Å². The summed E-state index contributed by atoms with van der Waals surface area (Å²) in [5.74, 6) is 0.985. The van der Waals surface area contributed by atoms with Gasteiger partial charge in [-0.1, -0.05) is 63.8 Å². The minimum absolute atomic E-state index is 0.0127. The first-order valence-corrected chi connectivity index (χ1v) is 10.9. The Hall–Kier alpha value is -2.23. The summed E-state index contributed by atoms with van der Waals surface area (Å²) in [5.41, 5.74) is 2.25. The van der Waals surface area contributed by atoms with Gasteiger partial charge in [-0.15, -0.1) is 0 Å². The van der Waals surface area contributed by atoms with Gasteiger partial charge in [-0.3, -0.25) is 9.59 Å². The number of carbonyl (C=O) groups is 2. The minimum atomic E-state index is -0.0182. The number of imidazole rings is 1. The van der Waals surface area contributed by atoms with Crippen molar-refractivity contribution in [3.8, 4) is 0 Å². The first-order valence-electron chi connectivity index (χ1n) is 10.9. The molecule has 0 bridgehead atoms. The van der Waals surface area contributed by atoms with E-state index in [4.69, 9.17) is 0 Å². The van der Waals surface area contributed by atoms with E-state index in [0.717, 1.165) is 31.6 Å². The molecule has 2 aromatic rings. The van der Waals surface area contributed by atoms with Gasteiger partial charge in [0.2, 0.25) is 23.0 Å². The van der Waals surface area contributed by atoms with Gasteiger partial charge in [0.05, 0.1) is 12.6 Å². The third-order valence-electron chi connectivity index (χ3n) is 6.09. The molecule has 28 heavy (non-hydrogen) atoms. The second kappa shape index (κ2) is 8.85. The quantitative estimate of drug-likeness (QED) is 0.378. The van der Waals surface area contributed by atoms with E-state index in [1.165, 1.54) is 25.7 Å². The Morgan fingerprint density at radius 2 is 1.54 bits per heavy atom. The van der Waals surface area contributed by atoms with E-state index in [0.29, 0.717) is 22.5 Å². The van der Waals surface area contributed by atoms with Crippen molar-refractivity contribution in [2.24, 2.45) is 0 Å². The smallest absolute Gasteiger partial charge is 0.254 e. The predicted octanol–water partition coefficient (Wildman–Crippen LogP) is 5.19. The lowest BCUT2D eigenvalue weighted by atomic mass is 9.89. The fraction of sp³-hybridized carbons (Fsp3) is 0.542. The molecule has 1 aromatic carbocycles. The number of aromatic nitrogens is 2. The molecule has 0 fully saturated rings. The third kappa shape index (κ3) is 3.57. The Kier molecular flexibility index (Phi) is 6.48. The molecule has 1 aliphatic rings. The molecule has 1 heterocycles. The van der Waals surface area contributed by atoms with Gasteiger partial charge >= 0.3 is 0 Å². The Morgan fingerprint density at radius 3 is 2.18 bits per heavy atom. The van der Waals surface area contributed by atoms with Crippen LogP contribution in [0.4, 0.5) is 0 Å². The van der Waals surface area contributed by atoms with Crippen LogP contribution in [0.1, 0.15) is 110 Å². The number of nitrogens with zero attached hydrogens (tertiary/aromatic N) is 2. The normalized spacial score (nSPS) is 14.1. The van der Waals surface area contributed by atoms with Gasteiger partial charge in [0.25, 0.3) is 5.82 Å². The SMILES string of the molecule is CCCCCCCC[n+]1c2c(n(C(C)CC)c1C)C(=O)c1ccccc1C2=O. The van der Waals surface area contributed by atoms with Crippen molar-refractivity contribution in [2.45, 2.75) is 85.2 Å². The molecule has 3 rings (SSSR count). The van der Waals surface area contributed by atoms with E-state index in [1.54, 1.807) is 12.1 Å². The lowest BCUT2D eigenvalue weighted by Gasteiger charge is -2.14. The fourth-order valence-electron chi connectivity index (χ4n) is 4.32. The van der Waals surface area contributed by atoms with Gasteiger partial charge in [-0.25, -0.2) is 9.13 Å². The van der Waals surface area contributed by atoms with E-state index >= 15 is 0 Å². The van der Waals surface area contributed by atoms with Crippen LogP contribution in [0.3, 0.4) is 0 Å². The Balaban J connectivity index is 1.99. The fourth-order valence-corrected chi connectivity index (χ4v) is 4.32. The van der Waals surface area contributed by atoms with Gasteiger partial charge in [0.15, 0.2) is 0 Å². The molecule has 1 unspecified atom stereocenters. The molecule has 0 amide bonds. The molecular formula is C24H33N2O2+. The van der Waals surface area contributed by atoms with Crippen LogP contribution in [0.25, 0.3) is 0 Å². The van der Waals surface area contributed by atoms with Crippen molar-refractivity contribution in [3.05, 3.63) is 52.6 Å². The zero-order valence-corrected chi connectivity index (χ0v) is 17.8. The molecule has 4 heteroatoms. The van der Waals surface area contributed by atoms with Crippen molar-refractivity contribution in [3.63, 3.8) is 0 Å². The van der Waals surface area contributed by atoms with Gasteiger partial charge in [-0.05, 0) is 26.2 Å². The van der Waals surface area contributed by atoms with Crippen LogP contribution in [-0.2, 0) is 6.54 Å². The largest absolute Gasteiger partial charge is 0.284 e. The number of fused-ring (bicyclic) bond motifs is 2. The molecule has 1 atom stereocenters. The van der Waals surface area contributed by atoms with Gasteiger partial charge in [-0.2, -0.15) is 0 Å². The topological polar surface area (TPSA) is 43.0 Å². The van der Waals surface area contributed by atoms with E-state index in [1.807, 2.05) is 19.1 Å². The summed E-state index contributed by atoms with van der Waals surface area (Å²) in [4.78, 5) is 26.7. The van der Waals surface area contributed by atoms with Crippen LogP contribution in [0.2, 0.25) is 0 Å². The van der Waals surface area contributed by atoms with Crippen LogP contribution in [-0.4, -0.2) is 16.1 Å². The molecular weight excluding hydrogens is 348 g/mol. The summed E-state index contributed by atoms with van der Waals surface area (Å²) in [7, 11) is 0. The molecule has 0 saturated carbocycles. The van der Waals surface area contributed by atoms with Crippen molar-refractivity contribution in [1.82, 2.24) is 4.57 Å². The number of benzene rings is 1. The maximum absolute atomic E-state index is 13.3.